The van der Waals surface area contributed by atoms with Crippen LogP contribution in [0.5, 0.6) is 11.5 Å². The van der Waals surface area contributed by atoms with Crippen molar-refractivity contribution in [2.24, 2.45) is 0 Å². The molecule has 0 spiro atoms. The van der Waals surface area contributed by atoms with E-state index in [1.165, 1.54) is 18.0 Å². The third kappa shape index (κ3) is 2.71. The molecule has 1 N–H and O–H groups in total. The molecule has 2 heterocycles. The number of methoxy groups -OCH3 is 2. The van der Waals surface area contributed by atoms with Gasteiger partial charge in [-0.3, -0.25) is 14.2 Å². The number of benzene rings is 1. The molecule has 2 aromatic heterocycles. The highest BCUT2D eigenvalue weighted by atomic mass is 35.5. The molecule has 3 aromatic rings. The first-order valence-corrected chi connectivity index (χ1v) is 7.27. The number of hydrogen-bond acceptors (Lipinski definition) is 6. The molecule has 0 aliphatic carbocycles. The van der Waals surface area contributed by atoms with Crippen molar-refractivity contribution in [1.29, 1.82) is 0 Å². The third-order valence-corrected chi connectivity index (χ3v) is 3.82. The van der Waals surface area contributed by atoms with Crippen LogP contribution in [-0.2, 0) is 6.54 Å². The van der Waals surface area contributed by atoms with Crippen LogP contribution < -0.4 is 20.6 Å². The number of nitrogens with one attached hydrogen (secondary N) is 1. The van der Waals surface area contributed by atoms with Crippen LogP contribution in [0.25, 0.3) is 11.2 Å². The van der Waals surface area contributed by atoms with Crippen LogP contribution in [-0.4, -0.2) is 33.7 Å². The largest absolute Gasteiger partial charge is 0.497 e. The first-order valence-electron chi connectivity index (χ1n) is 6.89. The molecular formula is C15H13ClN4O4. The minimum atomic E-state index is -0.799. The summed E-state index contributed by atoms with van der Waals surface area (Å²) in [5.74, 6) is 1.14. The average molecular weight is 349 g/mol. The van der Waals surface area contributed by atoms with Crippen molar-refractivity contribution in [3.63, 3.8) is 0 Å². The third-order valence-electron chi connectivity index (χ3n) is 3.54. The highest BCUT2D eigenvalue weighted by molar-refractivity contribution is 6.33. The maximum atomic E-state index is 12.3. The zero-order chi connectivity index (χ0) is 17.3. The second-order valence-electron chi connectivity index (χ2n) is 4.89. The molecular weight excluding hydrogens is 336 g/mol. The van der Waals surface area contributed by atoms with Crippen LogP contribution in [0.1, 0.15) is 5.56 Å². The average Bonchev–Trinajstić information content (AvgIpc) is 2.60. The fourth-order valence-corrected chi connectivity index (χ4v) is 2.53. The minimum absolute atomic E-state index is 0.0625. The summed E-state index contributed by atoms with van der Waals surface area (Å²) in [5, 5.41) is 0.0625. The summed E-state index contributed by atoms with van der Waals surface area (Å²) in [7, 11) is 3.05. The Hall–Kier alpha value is -2.87. The van der Waals surface area contributed by atoms with Gasteiger partial charge in [0.15, 0.2) is 10.8 Å². The summed E-state index contributed by atoms with van der Waals surface area (Å²) in [6.07, 6.45) is 1.23. The smallest absolute Gasteiger partial charge is 0.318 e. The zero-order valence-electron chi connectivity index (χ0n) is 12.9. The number of fused-ring (bicyclic) bond motifs is 1. The SMILES string of the molecule is COc1ccc(Cn2c(=O)c(=O)[nH]c3c(Cl)ncnc32)c(OC)c1. The lowest BCUT2D eigenvalue weighted by molar-refractivity contribution is 0.390. The predicted molar refractivity (Wildman–Crippen MR) is 88.1 cm³/mol. The quantitative estimate of drug-likeness (QED) is 0.562. The summed E-state index contributed by atoms with van der Waals surface area (Å²) >= 11 is 5.98. The van der Waals surface area contributed by atoms with Gasteiger partial charge >= 0.3 is 11.1 Å². The summed E-state index contributed by atoms with van der Waals surface area (Å²) in [5.41, 5.74) is -0.419. The molecule has 8 nitrogen and oxygen atoms in total. The van der Waals surface area contributed by atoms with Crippen molar-refractivity contribution >= 4 is 22.8 Å². The van der Waals surface area contributed by atoms with Crippen molar-refractivity contribution < 1.29 is 9.47 Å². The number of aromatic amines is 1. The molecule has 3 rings (SSSR count). The van der Waals surface area contributed by atoms with Crippen LogP contribution in [0, 0.1) is 0 Å². The first kappa shape index (κ1) is 16.0. The molecule has 0 saturated carbocycles. The van der Waals surface area contributed by atoms with Gasteiger partial charge in [-0.15, -0.1) is 0 Å². The highest BCUT2D eigenvalue weighted by Crippen LogP contribution is 2.25. The number of rotatable bonds is 4. The molecule has 0 saturated heterocycles. The van der Waals surface area contributed by atoms with Gasteiger partial charge in [0.25, 0.3) is 0 Å². The Labute approximate surface area is 140 Å². The van der Waals surface area contributed by atoms with E-state index in [4.69, 9.17) is 21.1 Å². The van der Waals surface area contributed by atoms with E-state index in [-0.39, 0.29) is 22.9 Å². The Morgan fingerprint density at radius 1 is 1.21 bits per heavy atom. The van der Waals surface area contributed by atoms with E-state index in [9.17, 15) is 9.59 Å². The Kier molecular flexibility index (Phi) is 4.22. The predicted octanol–water partition coefficient (Wildman–Crippen LogP) is 1.20. The summed E-state index contributed by atoms with van der Waals surface area (Å²) in [6, 6.07) is 5.18. The fraction of sp³-hybridized carbons (Fsp3) is 0.200. The molecule has 0 aliphatic heterocycles. The molecule has 124 valence electrons. The molecule has 1 aromatic carbocycles. The molecule has 0 fully saturated rings. The van der Waals surface area contributed by atoms with E-state index in [1.54, 1.807) is 25.3 Å². The van der Waals surface area contributed by atoms with Crippen LogP contribution in [0.2, 0.25) is 5.15 Å². The molecule has 0 unspecified atom stereocenters. The van der Waals surface area contributed by atoms with E-state index in [2.05, 4.69) is 15.0 Å². The molecule has 0 atom stereocenters. The van der Waals surface area contributed by atoms with Crippen molar-refractivity contribution in [2.45, 2.75) is 6.54 Å². The molecule has 0 bridgehead atoms. The first-order chi connectivity index (χ1) is 11.5. The monoisotopic (exact) mass is 348 g/mol. The molecule has 0 radical (unpaired) electrons. The number of nitrogens with zero attached hydrogens (tertiary/aromatic N) is 3. The maximum absolute atomic E-state index is 12.3. The van der Waals surface area contributed by atoms with E-state index in [1.807, 2.05) is 0 Å². The topological polar surface area (TPSA) is 99.1 Å². The normalized spacial score (nSPS) is 10.8. The van der Waals surface area contributed by atoms with E-state index < -0.39 is 11.1 Å². The van der Waals surface area contributed by atoms with Gasteiger partial charge in [-0.1, -0.05) is 11.6 Å². The van der Waals surface area contributed by atoms with E-state index in [0.29, 0.717) is 17.1 Å². The van der Waals surface area contributed by atoms with Gasteiger partial charge in [-0.05, 0) is 12.1 Å². The highest BCUT2D eigenvalue weighted by Gasteiger charge is 2.14. The van der Waals surface area contributed by atoms with Gasteiger partial charge in [0.1, 0.15) is 23.3 Å². The molecule has 24 heavy (non-hydrogen) atoms. The Morgan fingerprint density at radius 2 is 2.00 bits per heavy atom. The van der Waals surface area contributed by atoms with E-state index in [0.717, 1.165) is 0 Å². The molecule has 0 aliphatic rings. The summed E-state index contributed by atoms with van der Waals surface area (Å²) < 4.78 is 11.7. The summed E-state index contributed by atoms with van der Waals surface area (Å²) in [6.45, 7) is 0.0831. The Balaban J connectivity index is 2.21. The number of H-pyrrole nitrogens is 1. The second-order valence-corrected chi connectivity index (χ2v) is 5.24. The Bertz CT molecular complexity index is 1030. The minimum Gasteiger partial charge on any atom is -0.497 e. The van der Waals surface area contributed by atoms with Crippen molar-refractivity contribution in [2.75, 3.05) is 14.2 Å². The van der Waals surface area contributed by atoms with Gasteiger partial charge in [0, 0.05) is 11.6 Å². The number of aromatic nitrogens is 4. The molecule has 0 amide bonds. The fourth-order valence-electron chi connectivity index (χ4n) is 2.35. The van der Waals surface area contributed by atoms with Gasteiger partial charge < -0.3 is 14.5 Å². The summed E-state index contributed by atoms with van der Waals surface area (Å²) in [4.78, 5) is 34.4. The van der Waals surface area contributed by atoms with Gasteiger partial charge in [0.2, 0.25) is 0 Å². The van der Waals surface area contributed by atoms with Crippen LogP contribution in [0.3, 0.4) is 0 Å². The standard InChI is InChI=1S/C15H13ClN4O4/c1-23-9-4-3-8(10(5-9)24-2)6-20-13-11(12(16)17-7-18-13)19-14(21)15(20)22/h3-5,7H,6H2,1-2H3,(H,19,21). The van der Waals surface area contributed by atoms with Crippen molar-refractivity contribution in [1.82, 2.24) is 19.5 Å². The lowest BCUT2D eigenvalue weighted by Gasteiger charge is -2.13. The maximum Gasteiger partial charge on any atom is 0.318 e. The second kappa shape index (κ2) is 6.32. The Morgan fingerprint density at radius 3 is 2.71 bits per heavy atom. The van der Waals surface area contributed by atoms with Crippen molar-refractivity contribution in [3.05, 3.63) is 56.0 Å². The lowest BCUT2D eigenvalue weighted by atomic mass is 10.2. The van der Waals surface area contributed by atoms with Gasteiger partial charge in [0.05, 0.1) is 20.8 Å². The molecule has 9 heteroatoms. The number of halogens is 1. The van der Waals surface area contributed by atoms with Gasteiger partial charge in [-0.25, -0.2) is 9.97 Å². The van der Waals surface area contributed by atoms with Crippen LogP contribution >= 0.6 is 11.6 Å². The lowest BCUT2D eigenvalue weighted by Crippen LogP contribution is -2.37. The van der Waals surface area contributed by atoms with Crippen LogP contribution in [0.15, 0.2) is 34.1 Å². The zero-order valence-corrected chi connectivity index (χ0v) is 13.6. The van der Waals surface area contributed by atoms with Crippen molar-refractivity contribution in [3.8, 4) is 11.5 Å². The van der Waals surface area contributed by atoms with Gasteiger partial charge in [-0.2, -0.15) is 0 Å². The van der Waals surface area contributed by atoms with E-state index >= 15 is 0 Å². The number of hydrogen-bond donors (Lipinski definition) is 1. The van der Waals surface area contributed by atoms with Crippen LogP contribution in [0.4, 0.5) is 0 Å². The number of ether oxygens (including phenoxy) is 2.